The maximum absolute atomic E-state index is 16.4. The highest BCUT2D eigenvalue weighted by atomic mass is 19.1. The van der Waals surface area contributed by atoms with E-state index in [4.69, 9.17) is 9.39 Å². The lowest BCUT2D eigenvalue weighted by atomic mass is 9.82. The summed E-state index contributed by atoms with van der Waals surface area (Å²) in [5.74, 6) is 0. The van der Waals surface area contributed by atoms with Gasteiger partial charge in [-0.15, -0.1) is 0 Å². The maximum atomic E-state index is 16.4. The molecule has 122 valence electrons. The first kappa shape index (κ1) is 14.9. The summed E-state index contributed by atoms with van der Waals surface area (Å²) in [6.45, 7) is 8.07. The van der Waals surface area contributed by atoms with Gasteiger partial charge < -0.3 is 22.7 Å². The second kappa shape index (κ2) is 4.68. The van der Waals surface area contributed by atoms with Crippen LogP contribution in [0.5, 0.6) is 0 Å². The third-order valence-corrected chi connectivity index (χ3v) is 5.16. The van der Waals surface area contributed by atoms with Gasteiger partial charge in [-0.25, -0.2) is 0 Å². The Bertz CT molecular complexity index is 817. The van der Waals surface area contributed by atoms with E-state index in [1.807, 2.05) is 39.8 Å². The van der Waals surface area contributed by atoms with E-state index in [0.29, 0.717) is 13.2 Å². The molecular formula is C17H22BFN2O2. The van der Waals surface area contributed by atoms with Crippen LogP contribution in [0.2, 0.25) is 0 Å². The van der Waals surface area contributed by atoms with Gasteiger partial charge in [0.15, 0.2) is 5.70 Å². The lowest BCUT2D eigenvalue weighted by Crippen LogP contribution is -2.61. The smallest absolute Gasteiger partial charge is 0.474 e. The van der Waals surface area contributed by atoms with Crippen molar-refractivity contribution in [2.75, 3.05) is 13.2 Å². The summed E-state index contributed by atoms with van der Waals surface area (Å²) in [6.07, 6.45) is 1.84. The van der Waals surface area contributed by atoms with E-state index >= 15 is 4.32 Å². The summed E-state index contributed by atoms with van der Waals surface area (Å²) in [4.78, 5) is 0. The van der Waals surface area contributed by atoms with Gasteiger partial charge in [0.25, 0.3) is 0 Å². The van der Waals surface area contributed by atoms with Crippen LogP contribution in [0.25, 0.3) is 5.57 Å². The zero-order valence-electron chi connectivity index (χ0n) is 14.3. The zero-order valence-corrected chi connectivity index (χ0v) is 14.3. The monoisotopic (exact) mass is 316 g/mol. The van der Waals surface area contributed by atoms with E-state index < -0.39 is 6.90 Å². The molecule has 0 radical (unpaired) electrons. The highest BCUT2D eigenvalue weighted by Crippen LogP contribution is 2.41. The number of aryl methyl sites for hydroxylation is 2. The molecule has 0 N–H and O–H groups in total. The molecule has 1 atom stereocenters. The van der Waals surface area contributed by atoms with Crippen molar-refractivity contribution in [1.82, 2.24) is 4.48 Å². The largest absolute Gasteiger partial charge is 0.701 e. The van der Waals surface area contributed by atoms with Crippen LogP contribution < -0.4 is 0 Å². The van der Waals surface area contributed by atoms with Crippen molar-refractivity contribution in [3.8, 4) is 0 Å². The Balaban J connectivity index is 2.01. The molecule has 3 aliphatic rings. The zero-order chi connectivity index (χ0) is 16.5. The Hall–Kier alpha value is -1.66. The molecule has 0 bridgehead atoms. The van der Waals surface area contributed by atoms with Gasteiger partial charge in [0, 0.05) is 29.8 Å². The molecule has 6 heteroatoms. The van der Waals surface area contributed by atoms with Crippen molar-refractivity contribution in [3.63, 3.8) is 0 Å². The molecule has 0 spiro atoms. The van der Waals surface area contributed by atoms with Gasteiger partial charge in [-0.05, 0) is 45.0 Å². The Labute approximate surface area is 135 Å². The van der Waals surface area contributed by atoms with Gasteiger partial charge in [-0.2, -0.15) is 0 Å². The summed E-state index contributed by atoms with van der Waals surface area (Å²) < 4.78 is 31.1. The summed E-state index contributed by atoms with van der Waals surface area (Å²) in [6, 6.07) is 2.03. The first-order chi connectivity index (χ1) is 10.8. The van der Waals surface area contributed by atoms with Gasteiger partial charge in [-0.1, -0.05) is 0 Å². The highest BCUT2D eigenvalue weighted by molar-refractivity contribution is 6.59. The molecule has 4 nitrogen and oxygen atoms in total. The number of halogens is 1. The maximum Gasteiger partial charge on any atom is 0.701 e. The molecule has 3 aliphatic heterocycles. The topological polar surface area (TPSA) is 26.4 Å². The fraction of sp³-hybridized carbons (Fsp3) is 0.471. The first-order valence-corrected chi connectivity index (χ1v) is 8.15. The summed E-state index contributed by atoms with van der Waals surface area (Å²) in [7, 11) is 0. The van der Waals surface area contributed by atoms with Gasteiger partial charge in [0.05, 0.1) is 19.3 Å². The Kier molecular flexibility index (Phi) is 3.03. The second-order valence-corrected chi connectivity index (χ2v) is 6.91. The number of hydrogen-bond donors (Lipinski definition) is 0. The van der Waals surface area contributed by atoms with Crippen molar-refractivity contribution in [2.45, 2.75) is 40.7 Å². The van der Waals surface area contributed by atoms with Crippen molar-refractivity contribution < 1.29 is 18.2 Å². The highest BCUT2D eigenvalue weighted by Gasteiger charge is 2.56. The number of hydrogen-bond acceptors (Lipinski definition) is 2. The number of allylic oxidation sites excluding steroid dienone is 3. The van der Waals surface area contributed by atoms with E-state index in [1.54, 1.807) is 8.96 Å². The molecule has 0 saturated carbocycles. The molecule has 1 unspecified atom stereocenters. The van der Waals surface area contributed by atoms with Gasteiger partial charge in [0.1, 0.15) is 5.71 Å². The predicted octanol–water partition coefficient (Wildman–Crippen LogP) is 2.95. The average Bonchev–Trinajstić information content (AvgIpc) is 2.89. The number of ether oxygens (including phenoxy) is 1. The molecule has 0 amide bonds. The minimum atomic E-state index is -2.87. The van der Waals surface area contributed by atoms with Crippen LogP contribution in [0.1, 0.15) is 37.7 Å². The average molecular weight is 316 g/mol. The Morgan fingerprint density at radius 3 is 2.57 bits per heavy atom. The molecular weight excluding hydrogens is 294 g/mol. The quantitative estimate of drug-likeness (QED) is 0.784. The predicted molar refractivity (Wildman–Crippen MR) is 89.2 cm³/mol. The number of rotatable bonds is 2. The second-order valence-electron chi connectivity index (χ2n) is 6.91. The third kappa shape index (κ3) is 1.82. The van der Waals surface area contributed by atoms with Crippen molar-refractivity contribution in [1.29, 1.82) is 0 Å². The molecule has 1 fully saturated rings. The van der Waals surface area contributed by atoms with E-state index in [0.717, 1.165) is 39.5 Å². The van der Waals surface area contributed by atoms with Crippen LogP contribution in [0, 0.1) is 13.8 Å². The van der Waals surface area contributed by atoms with Crippen LogP contribution in [0.3, 0.4) is 0 Å². The summed E-state index contributed by atoms with van der Waals surface area (Å²) in [5.41, 5.74) is 6.93. The minimum absolute atomic E-state index is 0.191. The van der Waals surface area contributed by atoms with Crippen molar-refractivity contribution in [3.05, 3.63) is 40.4 Å². The number of nitrogens with zero attached hydrogens (tertiary/aromatic N) is 2. The SMILES string of the molecule is CC1=CC(C)=[N+]2C1=C(C)c1c(C)cc(C)n1[B-]2(F)OC1COC1. The van der Waals surface area contributed by atoms with Gasteiger partial charge in [0.2, 0.25) is 0 Å². The fourth-order valence-electron chi connectivity index (χ4n) is 4.30. The summed E-state index contributed by atoms with van der Waals surface area (Å²) >= 11 is 0. The lowest BCUT2D eigenvalue weighted by Gasteiger charge is -2.42. The summed E-state index contributed by atoms with van der Waals surface area (Å²) in [5, 5.41) is 0. The van der Waals surface area contributed by atoms with E-state index in [9.17, 15) is 0 Å². The molecule has 1 aromatic heterocycles. The minimum Gasteiger partial charge on any atom is -0.474 e. The van der Waals surface area contributed by atoms with E-state index in [1.165, 1.54) is 0 Å². The molecule has 0 aliphatic carbocycles. The molecule has 4 rings (SSSR count). The lowest BCUT2D eigenvalue weighted by molar-refractivity contribution is -0.381. The van der Waals surface area contributed by atoms with E-state index in [2.05, 4.69) is 6.92 Å². The molecule has 1 saturated heterocycles. The number of fused-ring (bicyclic) bond motifs is 2. The van der Waals surface area contributed by atoms with Gasteiger partial charge in [-0.3, -0.25) is 0 Å². The molecule has 4 heterocycles. The molecule has 1 aromatic rings. The van der Waals surface area contributed by atoms with Crippen LogP contribution in [-0.4, -0.2) is 40.9 Å². The molecule has 0 aromatic carbocycles. The molecule has 23 heavy (non-hydrogen) atoms. The number of aromatic nitrogens is 1. The van der Waals surface area contributed by atoms with Gasteiger partial charge >= 0.3 is 6.90 Å². The van der Waals surface area contributed by atoms with Crippen molar-refractivity contribution >= 4 is 18.2 Å². The third-order valence-electron chi connectivity index (χ3n) is 5.16. The first-order valence-electron chi connectivity index (χ1n) is 8.15. The van der Waals surface area contributed by atoms with Crippen molar-refractivity contribution in [2.24, 2.45) is 0 Å². The Morgan fingerprint density at radius 2 is 1.96 bits per heavy atom. The normalized spacial score (nSPS) is 27.1. The van der Waals surface area contributed by atoms with Crippen LogP contribution in [0.15, 0.2) is 23.4 Å². The fourth-order valence-corrected chi connectivity index (χ4v) is 4.30. The standard InChI is InChI=1S/C17H22BFN2O2/c1-10-6-12(3)20-16(10)14(5)17-11(2)7-13(4)21(17)18(20,19)23-15-8-22-9-15/h6-7,15H,8-9H2,1-5H3. The van der Waals surface area contributed by atoms with Crippen LogP contribution >= 0.6 is 0 Å². The van der Waals surface area contributed by atoms with Crippen LogP contribution in [0.4, 0.5) is 4.32 Å². The van der Waals surface area contributed by atoms with Crippen LogP contribution in [-0.2, 0) is 9.39 Å². The van der Waals surface area contributed by atoms with E-state index in [-0.39, 0.29) is 6.10 Å². The Morgan fingerprint density at radius 1 is 1.26 bits per heavy atom.